The van der Waals surface area contributed by atoms with Crippen molar-refractivity contribution in [3.8, 4) is 6.07 Å². The molecule has 1 amide bonds. The van der Waals surface area contributed by atoms with E-state index in [2.05, 4.69) is 5.32 Å². The van der Waals surface area contributed by atoms with Crippen LogP contribution in [-0.4, -0.2) is 43.7 Å². The van der Waals surface area contributed by atoms with E-state index in [1.54, 1.807) is 25.2 Å². The summed E-state index contributed by atoms with van der Waals surface area (Å²) in [5.41, 5.74) is 1.38. The van der Waals surface area contributed by atoms with E-state index in [0.717, 1.165) is 5.56 Å². The number of amides is 1. The number of nitrogens with one attached hydrogen (secondary N) is 1. The minimum atomic E-state index is -4.37. The van der Waals surface area contributed by atoms with Gasteiger partial charge in [-0.1, -0.05) is 12.1 Å². The third-order valence-corrected chi connectivity index (χ3v) is 4.03. The van der Waals surface area contributed by atoms with E-state index in [1.807, 2.05) is 12.1 Å². The summed E-state index contributed by atoms with van der Waals surface area (Å²) in [6, 6.07) is 8.95. The highest BCUT2D eigenvalue weighted by atomic mass is 19.4. The first-order valence-electron chi connectivity index (χ1n) is 7.33. The zero-order chi connectivity index (χ0) is 17.0. The first kappa shape index (κ1) is 17.3. The molecule has 1 saturated heterocycles. The van der Waals surface area contributed by atoms with Crippen molar-refractivity contribution < 1.29 is 18.0 Å². The van der Waals surface area contributed by atoms with Gasteiger partial charge in [-0.3, -0.25) is 4.79 Å². The molecule has 7 heteroatoms. The quantitative estimate of drug-likeness (QED) is 0.921. The topological polar surface area (TPSA) is 56.1 Å². The van der Waals surface area contributed by atoms with E-state index in [9.17, 15) is 18.0 Å². The number of alkyl halides is 3. The fraction of sp³-hybridized carbons (Fsp3) is 0.500. The van der Waals surface area contributed by atoms with Gasteiger partial charge in [-0.2, -0.15) is 18.4 Å². The molecule has 1 fully saturated rings. The van der Waals surface area contributed by atoms with Crippen LogP contribution >= 0.6 is 0 Å². The Morgan fingerprint density at radius 3 is 2.83 bits per heavy atom. The Kier molecular flexibility index (Phi) is 5.26. The van der Waals surface area contributed by atoms with Gasteiger partial charge in [0.15, 0.2) is 0 Å². The van der Waals surface area contributed by atoms with Gasteiger partial charge in [0.05, 0.1) is 23.5 Å². The van der Waals surface area contributed by atoms with Crippen LogP contribution in [0.4, 0.5) is 13.2 Å². The van der Waals surface area contributed by atoms with Gasteiger partial charge in [0.1, 0.15) is 0 Å². The molecule has 1 aliphatic rings. The van der Waals surface area contributed by atoms with Crippen LogP contribution in [-0.2, 0) is 11.2 Å². The zero-order valence-corrected chi connectivity index (χ0v) is 12.7. The molecule has 1 N–H and O–H groups in total. The summed E-state index contributed by atoms with van der Waals surface area (Å²) in [7, 11) is 1.58. The Morgan fingerprint density at radius 2 is 2.17 bits per heavy atom. The first-order valence-corrected chi connectivity index (χ1v) is 7.33. The Hall–Kier alpha value is -2.07. The lowest BCUT2D eigenvalue weighted by Crippen LogP contribution is -2.40. The van der Waals surface area contributed by atoms with Crippen molar-refractivity contribution in [1.29, 1.82) is 5.26 Å². The van der Waals surface area contributed by atoms with Crippen LogP contribution in [0, 0.1) is 23.2 Å². The lowest BCUT2D eigenvalue weighted by atomic mass is 9.94. The Bertz CT molecular complexity index is 609. The minimum absolute atomic E-state index is 0.111. The van der Waals surface area contributed by atoms with Gasteiger partial charge in [0.25, 0.3) is 0 Å². The molecule has 1 aromatic rings. The molecule has 2 atom stereocenters. The monoisotopic (exact) mass is 325 g/mol. The molecule has 0 aromatic heterocycles. The second-order valence-corrected chi connectivity index (χ2v) is 5.83. The molecule has 0 radical (unpaired) electrons. The number of nitrogens with zero attached hydrogens (tertiary/aromatic N) is 2. The molecule has 1 aromatic carbocycles. The van der Waals surface area contributed by atoms with Crippen molar-refractivity contribution in [2.45, 2.75) is 12.6 Å². The average molecular weight is 325 g/mol. The van der Waals surface area contributed by atoms with E-state index in [4.69, 9.17) is 5.26 Å². The van der Waals surface area contributed by atoms with E-state index in [1.165, 1.54) is 4.90 Å². The van der Waals surface area contributed by atoms with E-state index >= 15 is 0 Å². The summed E-state index contributed by atoms with van der Waals surface area (Å²) < 4.78 is 38.9. The second-order valence-electron chi connectivity index (χ2n) is 5.83. The summed E-state index contributed by atoms with van der Waals surface area (Å²) in [5.74, 6) is -3.24. The maximum atomic E-state index is 13.0. The number of nitriles is 1. The van der Waals surface area contributed by atoms with Crippen molar-refractivity contribution in [2.75, 3.05) is 26.7 Å². The largest absolute Gasteiger partial charge is 0.393 e. The van der Waals surface area contributed by atoms with Crippen molar-refractivity contribution in [3.63, 3.8) is 0 Å². The van der Waals surface area contributed by atoms with Crippen molar-refractivity contribution in [2.24, 2.45) is 11.8 Å². The van der Waals surface area contributed by atoms with E-state index < -0.39 is 23.9 Å². The van der Waals surface area contributed by atoms with E-state index in [0.29, 0.717) is 12.0 Å². The first-order chi connectivity index (χ1) is 10.8. The fourth-order valence-electron chi connectivity index (χ4n) is 2.86. The van der Waals surface area contributed by atoms with Gasteiger partial charge in [0.2, 0.25) is 5.91 Å². The highest BCUT2D eigenvalue weighted by molar-refractivity contribution is 5.79. The summed E-state index contributed by atoms with van der Waals surface area (Å²) >= 11 is 0. The number of halogens is 3. The molecule has 23 heavy (non-hydrogen) atoms. The number of benzene rings is 1. The molecule has 1 aliphatic heterocycles. The molecule has 2 rings (SSSR count). The molecule has 0 bridgehead atoms. The molecular weight excluding hydrogens is 307 g/mol. The molecule has 4 nitrogen and oxygen atoms in total. The van der Waals surface area contributed by atoms with Gasteiger partial charge in [-0.05, 0) is 31.2 Å². The Balaban J connectivity index is 1.90. The number of hydrogen-bond acceptors (Lipinski definition) is 3. The average Bonchev–Trinajstić information content (AvgIpc) is 2.90. The number of rotatable bonds is 4. The molecular formula is C16H18F3N3O. The van der Waals surface area contributed by atoms with E-state index in [-0.39, 0.29) is 19.6 Å². The summed E-state index contributed by atoms with van der Waals surface area (Å²) in [6.45, 7) is 0.213. The van der Waals surface area contributed by atoms with Gasteiger partial charge < -0.3 is 10.2 Å². The standard InChI is InChI=1S/C16H18F3N3O/c1-22-9-13(14(10-22)16(17,18)19)15(23)21-6-5-11-3-2-4-12(7-11)8-20/h2-4,7,13-14H,5-6,9-10H2,1H3,(H,21,23)/t13-,14-/m1/s1. The normalized spacial score (nSPS) is 21.9. The number of likely N-dealkylation sites (tertiary alicyclic amines) is 1. The van der Waals surface area contributed by atoms with Crippen LogP contribution in [0.25, 0.3) is 0 Å². The molecule has 124 valence electrons. The fourth-order valence-corrected chi connectivity index (χ4v) is 2.86. The van der Waals surface area contributed by atoms with Gasteiger partial charge >= 0.3 is 6.18 Å². The number of carbonyl (C=O) groups is 1. The Morgan fingerprint density at radius 1 is 1.43 bits per heavy atom. The minimum Gasteiger partial charge on any atom is -0.355 e. The van der Waals surface area contributed by atoms with Gasteiger partial charge in [-0.25, -0.2) is 0 Å². The lowest BCUT2D eigenvalue weighted by molar-refractivity contribution is -0.183. The van der Waals surface area contributed by atoms with Crippen LogP contribution in [0.15, 0.2) is 24.3 Å². The van der Waals surface area contributed by atoms with Crippen LogP contribution in [0.5, 0.6) is 0 Å². The van der Waals surface area contributed by atoms with Crippen molar-refractivity contribution >= 4 is 5.91 Å². The zero-order valence-electron chi connectivity index (χ0n) is 12.7. The summed E-state index contributed by atoms with van der Waals surface area (Å²) in [6.07, 6.45) is -3.89. The highest BCUT2D eigenvalue weighted by Crippen LogP contribution is 2.37. The number of carbonyl (C=O) groups excluding carboxylic acids is 1. The SMILES string of the molecule is CN1C[C@@H](C(F)(F)F)[C@H](C(=O)NCCc2cccc(C#N)c2)C1. The maximum absolute atomic E-state index is 13.0. The molecule has 1 heterocycles. The molecule has 0 spiro atoms. The molecule has 0 saturated carbocycles. The highest BCUT2D eigenvalue weighted by Gasteiger charge is 2.51. The van der Waals surface area contributed by atoms with Crippen LogP contribution in [0.3, 0.4) is 0 Å². The Labute approximate surface area is 132 Å². The number of hydrogen-bond donors (Lipinski definition) is 1. The summed E-state index contributed by atoms with van der Waals surface area (Å²) in [4.78, 5) is 13.6. The van der Waals surface area contributed by atoms with Gasteiger partial charge in [0, 0.05) is 19.6 Å². The van der Waals surface area contributed by atoms with Gasteiger partial charge in [-0.15, -0.1) is 0 Å². The predicted molar refractivity (Wildman–Crippen MR) is 78.4 cm³/mol. The lowest BCUT2D eigenvalue weighted by Gasteiger charge is -2.20. The van der Waals surface area contributed by atoms with Crippen molar-refractivity contribution in [3.05, 3.63) is 35.4 Å². The van der Waals surface area contributed by atoms with Crippen LogP contribution in [0.2, 0.25) is 0 Å². The molecule has 0 unspecified atom stereocenters. The van der Waals surface area contributed by atoms with Crippen molar-refractivity contribution in [1.82, 2.24) is 10.2 Å². The smallest absolute Gasteiger partial charge is 0.355 e. The predicted octanol–water partition coefficient (Wildman–Crippen LogP) is 1.96. The van der Waals surface area contributed by atoms with Crippen LogP contribution < -0.4 is 5.32 Å². The second kappa shape index (κ2) is 7.01. The maximum Gasteiger partial charge on any atom is 0.393 e. The third-order valence-electron chi connectivity index (χ3n) is 4.03. The van der Waals surface area contributed by atoms with Crippen LogP contribution in [0.1, 0.15) is 11.1 Å². The molecule has 0 aliphatic carbocycles. The third kappa shape index (κ3) is 4.45. The summed E-state index contributed by atoms with van der Waals surface area (Å²) in [5, 5.41) is 11.4.